The number of para-hydroxylation sites is 1. The number of nitrogens with zero attached hydrogens (tertiary/aromatic N) is 4. The van der Waals surface area contributed by atoms with Crippen molar-refractivity contribution in [2.45, 2.75) is 18.6 Å². The zero-order valence-electron chi connectivity index (χ0n) is 18.1. The van der Waals surface area contributed by atoms with Crippen molar-refractivity contribution in [2.24, 2.45) is 5.92 Å². The van der Waals surface area contributed by atoms with Gasteiger partial charge < -0.3 is 14.5 Å². The molecule has 0 aliphatic carbocycles. The summed E-state index contributed by atoms with van der Waals surface area (Å²) in [4.78, 5) is 35.9. The number of piperazine rings is 1. The summed E-state index contributed by atoms with van der Waals surface area (Å²) in [5, 5.41) is 9.32. The molecule has 0 bridgehead atoms. The number of likely N-dealkylation sites (tertiary alicyclic amines) is 1. The summed E-state index contributed by atoms with van der Waals surface area (Å²) >= 11 is 0. The number of pyridine rings is 1. The normalized spacial score (nSPS) is 24.1. The predicted octanol–water partition coefficient (Wildman–Crippen LogP) is 1.00. The molecule has 2 fully saturated rings. The number of hydrogen-bond acceptors (Lipinski definition) is 7. The third-order valence-electron chi connectivity index (χ3n) is 6.21. The van der Waals surface area contributed by atoms with Crippen molar-refractivity contribution in [3.8, 4) is 5.75 Å². The van der Waals surface area contributed by atoms with Gasteiger partial charge in [-0.3, -0.25) is 24.7 Å². The molecule has 0 spiro atoms. The zero-order valence-corrected chi connectivity index (χ0v) is 18.1. The lowest BCUT2D eigenvalue weighted by Gasteiger charge is -2.44. The molecule has 3 heterocycles. The fraction of sp³-hybridized carbons (Fsp3) is 0.435. The first-order valence-corrected chi connectivity index (χ1v) is 10.9. The lowest BCUT2D eigenvalue weighted by atomic mass is 9.86. The second-order valence-corrected chi connectivity index (χ2v) is 8.28. The van der Waals surface area contributed by atoms with Crippen LogP contribution in [-0.4, -0.2) is 83.7 Å². The van der Waals surface area contributed by atoms with E-state index in [0.29, 0.717) is 31.8 Å². The number of carbonyl (C=O) groups excluding carboxylic acids is 2. The number of ether oxygens (including phenoxy) is 1. The molecular formula is C23H29N5O4. The Morgan fingerprint density at radius 2 is 1.84 bits per heavy atom. The average molecular weight is 440 g/mol. The monoisotopic (exact) mass is 439 g/mol. The highest BCUT2D eigenvalue weighted by Gasteiger charge is 2.45. The first kappa shape index (κ1) is 22.0. The quantitative estimate of drug-likeness (QED) is 0.530. The number of hydroxylamine groups is 1. The van der Waals surface area contributed by atoms with E-state index < -0.39 is 17.9 Å². The molecule has 2 unspecified atom stereocenters. The fourth-order valence-corrected chi connectivity index (χ4v) is 4.63. The van der Waals surface area contributed by atoms with E-state index in [9.17, 15) is 14.8 Å². The highest BCUT2D eigenvalue weighted by atomic mass is 16.5. The lowest BCUT2D eigenvalue weighted by molar-refractivity contribution is -0.151. The van der Waals surface area contributed by atoms with Gasteiger partial charge in [-0.05, 0) is 37.7 Å². The molecule has 0 radical (unpaired) electrons. The minimum Gasteiger partial charge on any atom is -0.487 e. The first-order chi connectivity index (χ1) is 15.6. The Labute approximate surface area is 187 Å². The van der Waals surface area contributed by atoms with Gasteiger partial charge >= 0.3 is 0 Å². The van der Waals surface area contributed by atoms with Gasteiger partial charge in [0.15, 0.2) is 0 Å². The van der Waals surface area contributed by atoms with E-state index in [1.165, 1.54) is 0 Å². The third-order valence-corrected chi connectivity index (χ3v) is 6.21. The second-order valence-electron chi connectivity index (χ2n) is 8.28. The van der Waals surface area contributed by atoms with Crippen LogP contribution in [0.2, 0.25) is 0 Å². The Bertz CT molecular complexity index is 905. The van der Waals surface area contributed by atoms with Crippen LogP contribution in [-0.2, 0) is 9.59 Å². The number of benzene rings is 1. The van der Waals surface area contributed by atoms with Crippen molar-refractivity contribution < 1.29 is 19.5 Å². The number of hydrogen-bond donors (Lipinski definition) is 2. The fourth-order valence-electron chi connectivity index (χ4n) is 4.63. The average Bonchev–Trinajstić information content (AvgIpc) is 2.84. The molecule has 2 aliphatic heterocycles. The Morgan fingerprint density at radius 3 is 2.50 bits per heavy atom. The number of nitrogens with one attached hydrogen (secondary N) is 1. The van der Waals surface area contributed by atoms with Crippen LogP contribution in [0, 0.1) is 5.92 Å². The predicted molar refractivity (Wildman–Crippen MR) is 118 cm³/mol. The molecule has 0 saturated carbocycles. The van der Waals surface area contributed by atoms with Crippen molar-refractivity contribution >= 4 is 17.5 Å². The molecule has 4 rings (SSSR count). The van der Waals surface area contributed by atoms with E-state index in [2.05, 4.69) is 22.0 Å². The van der Waals surface area contributed by atoms with Crippen LogP contribution < -0.4 is 15.1 Å². The first-order valence-electron chi connectivity index (χ1n) is 10.9. The molecular weight excluding hydrogens is 410 g/mol. The van der Waals surface area contributed by atoms with Gasteiger partial charge in [0.1, 0.15) is 17.9 Å². The van der Waals surface area contributed by atoms with Crippen molar-refractivity contribution in [1.29, 1.82) is 0 Å². The minimum atomic E-state index is -0.722. The van der Waals surface area contributed by atoms with Crippen molar-refractivity contribution in [1.82, 2.24) is 20.3 Å². The summed E-state index contributed by atoms with van der Waals surface area (Å²) in [5.74, 6) is -0.776. The Hall–Kier alpha value is -3.17. The van der Waals surface area contributed by atoms with Gasteiger partial charge in [0.05, 0.1) is 12.1 Å². The maximum Gasteiger partial charge on any atom is 0.248 e. The maximum absolute atomic E-state index is 13.5. The van der Waals surface area contributed by atoms with Crippen LogP contribution in [0.5, 0.6) is 5.75 Å². The van der Waals surface area contributed by atoms with Crippen LogP contribution in [0.3, 0.4) is 0 Å². The summed E-state index contributed by atoms with van der Waals surface area (Å²) in [5.41, 5.74) is 2.88. The number of aromatic nitrogens is 1. The minimum absolute atomic E-state index is 0.0892. The number of carbonyl (C=O) groups is 2. The number of piperidine rings is 1. The van der Waals surface area contributed by atoms with E-state index in [1.807, 2.05) is 35.0 Å². The van der Waals surface area contributed by atoms with Crippen LogP contribution >= 0.6 is 0 Å². The van der Waals surface area contributed by atoms with Gasteiger partial charge in [0.25, 0.3) is 0 Å². The summed E-state index contributed by atoms with van der Waals surface area (Å²) in [6.45, 7) is 3.12. The van der Waals surface area contributed by atoms with Gasteiger partial charge in [-0.1, -0.05) is 18.2 Å². The van der Waals surface area contributed by atoms with Gasteiger partial charge in [0.2, 0.25) is 11.8 Å². The molecule has 1 aromatic carbocycles. The standard InChI is InChI=1S/C23H29N5O4/c1-26-16-19(32-18-8-5-9-24-15-18)14-20(22(29)25-31)21(26)23(30)28-12-10-27(11-13-28)17-6-3-2-4-7-17/h2-9,15,19-21,31H,10-14,16H2,1H3,(H,25,29)/t19-,20?,21?/m0/s1. The molecule has 2 saturated heterocycles. The Kier molecular flexibility index (Phi) is 6.87. The lowest BCUT2D eigenvalue weighted by Crippen LogP contribution is -2.62. The van der Waals surface area contributed by atoms with Crippen LogP contribution in [0.15, 0.2) is 54.9 Å². The van der Waals surface area contributed by atoms with Crippen molar-refractivity contribution in [3.05, 3.63) is 54.9 Å². The molecule has 3 atom stereocenters. The molecule has 1 aromatic heterocycles. The Morgan fingerprint density at radius 1 is 1.09 bits per heavy atom. The van der Waals surface area contributed by atoms with E-state index in [0.717, 1.165) is 18.8 Å². The molecule has 2 N–H and O–H groups in total. The molecule has 9 nitrogen and oxygen atoms in total. The number of rotatable bonds is 5. The molecule has 2 aliphatic rings. The van der Waals surface area contributed by atoms with Crippen LogP contribution in [0.1, 0.15) is 6.42 Å². The number of likely N-dealkylation sites (N-methyl/N-ethyl adjacent to an activating group) is 1. The number of amides is 2. The SMILES string of the molecule is CN1C[C@@H](Oc2cccnc2)CC(C(=O)NO)C1C(=O)N1CCN(c2ccccc2)CC1. The second kappa shape index (κ2) is 9.97. The van der Waals surface area contributed by atoms with E-state index >= 15 is 0 Å². The summed E-state index contributed by atoms with van der Waals surface area (Å²) < 4.78 is 5.99. The molecule has 2 amide bonds. The topological polar surface area (TPSA) is 98.2 Å². The van der Waals surface area contributed by atoms with E-state index in [1.54, 1.807) is 30.0 Å². The van der Waals surface area contributed by atoms with Gasteiger partial charge in [-0.15, -0.1) is 0 Å². The molecule has 170 valence electrons. The van der Waals surface area contributed by atoms with Gasteiger partial charge in [-0.25, -0.2) is 5.48 Å². The highest BCUT2D eigenvalue weighted by molar-refractivity contribution is 5.90. The number of anilines is 1. The molecule has 9 heteroatoms. The van der Waals surface area contributed by atoms with E-state index in [4.69, 9.17) is 4.74 Å². The van der Waals surface area contributed by atoms with Crippen LogP contribution in [0.4, 0.5) is 5.69 Å². The summed E-state index contributed by atoms with van der Waals surface area (Å²) in [6, 6.07) is 13.1. The highest BCUT2D eigenvalue weighted by Crippen LogP contribution is 2.28. The summed E-state index contributed by atoms with van der Waals surface area (Å²) in [7, 11) is 1.82. The maximum atomic E-state index is 13.5. The van der Waals surface area contributed by atoms with E-state index in [-0.39, 0.29) is 12.0 Å². The largest absolute Gasteiger partial charge is 0.487 e. The summed E-state index contributed by atoms with van der Waals surface area (Å²) in [6.07, 6.45) is 3.30. The van der Waals surface area contributed by atoms with Crippen molar-refractivity contribution in [3.63, 3.8) is 0 Å². The smallest absolute Gasteiger partial charge is 0.248 e. The third kappa shape index (κ3) is 4.84. The Balaban J connectivity index is 1.43. The zero-order chi connectivity index (χ0) is 22.5. The molecule has 2 aromatic rings. The molecule has 32 heavy (non-hydrogen) atoms. The van der Waals surface area contributed by atoms with Crippen LogP contribution in [0.25, 0.3) is 0 Å². The van der Waals surface area contributed by atoms with Gasteiger partial charge in [-0.2, -0.15) is 0 Å². The van der Waals surface area contributed by atoms with Crippen molar-refractivity contribution in [2.75, 3.05) is 44.7 Å². The van der Waals surface area contributed by atoms with Gasteiger partial charge in [0, 0.05) is 44.6 Å².